The molecular formula is C9H17NO4. The predicted molar refractivity (Wildman–Crippen MR) is 48.6 cm³/mol. The van der Waals surface area contributed by atoms with Gasteiger partial charge in [-0.3, -0.25) is 4.79 Å². The van der Waals surface area contributed by atoms with Crippen LogP contribution in [0, 0.1) is 0 Å². The fourth-order valence-electron chi connectivity index (χ4n) is 1.34. The molecule has 0 bridgehead atoms. The minimum Gasteiger partial charge on any atom is -0.276 e. The summed E-state index contributed by atoms with van der Waals surface area (Å²) < 4.78 is 0. The number of hydroxylamine groups is 2. The lowest BCUT2D eigenvalue weighted by Gasteiger charge is -2.14. The van der Waals surface area contributed by atoms with E-state index in [0.717, 1.165) is 30.7 Å². The van der Waals surface area contributed by atoms with Gasteiger partial charge in [0.1, 0.15) is 0 Å². The molecule has 82 valence electrons. The van der Waals surface area contributed by atoms with Gasteiger partial charge in [0.15, 0.2) is 0 Å². The number of carbonyl (C=O) groups is 1. The summed E-state index contributed by atoms with van der Waals surface area (Å²) in [6.45, 7) is 1.06. The molecule has 0 atom stereocenters. The van der Waals surface area contributed by atoms with Crippen LogP contribution in [-0.4, -0.2) is 24.6 Å². The lowest BCUT2D eigenvalue weighted by atomic mass is 10.1. The van der Waals surface area contributed by atoms with Gasteiger partial charge in [0.05, 0.1) is 13.2 Å². The van der Waals surface area contributed by atoms with Crippen molar-refractivity contribution in [1.82, 2.24) is 5.06 Å². The number of carbonyl (C=O) groups excluding carboxylic acids is 1. The first kappa shape index (κ1) is 11.4. The number of rotatable bonds is 1. The summed E-state index contributed by atoms with van der Waals surface area (Å²) in [6.07, 6.45) is 7.18. The normalized spacial score (nSPS) is 22.1. The summed E-state index contributed by atoms with van der Waals surface area (Å²) in [5.41, 5.74) is 0. The molecule has 1 saturated heterocycles. The van der Waals surface area contributed by atoms with Crippen LogP contribution in [0.2, 0.25) is 0 Å². The number of hydrogen-bond acceptors (Lipinski definition) is 4. The highest BCUT2D eigenvalue weighted by Crippen LogP contribution is 2.07. The summed E-state index contributed by atoms with van der Waals surface area (Å²) >= 11 is 0. The Bertz CT molecular complexity index is 142. The smallest absolute Gasteiger partial charge is 0.235 e. The molecule has 5 heteroatoms. The second-order valence-corrected chi connectivity index (χ2v) is 3.33. The Morgan fingerprint density at radius 1 is 1.00 bits per heavy atom. The van der Waals surface area contributed by atoms with E-state index in [1.807, 2.05) is 0 Å². The number of hydrogen-bond donors (Lipinski definition) is 0. The first-order valence-corrected chi connectivity index (χ1v) is 5.11. The molecule has 0 aromatic heterocycles. The van der Waals surface area contributed by atoms with E-state index in [1.165, 1.54) is 12.8 Å². The summed E-state index contributed by atoms with van der Waals surface area (Å²) in [7, 11) is 0. The maximum atomic E-state index is 10.4. The van der Waals surface area contributed by atoms with Crippen molar-refractivity contribution in [3.8, 4) is 0 Å². The van der Waals surface area contributed by atoms with Gasteiger partial charge in [-0.05, 0) is 17.9 Å². The lowest BCUT2D eigenvalue weighted by Crippen LogP contribution is -2.24. The zero-order chi connectivity index (χ0) is 10.1. The van der Waals surface area contributed by atoms with Crippen molar-refractivity contribution in [3.63, 3.8) is 0 Å². The third kappa shape index (κ3) is 5.16. The highest BCUT2D eigenvalue weighted by Gasteiger charge is 2.04. The van der Waals surface area contributed by atoms with Crippen LogP contribution in [-0.2, 0) is 19.7 Å². The molecule has 0 saturated carbocycles. The molecule has 1 aliphatic rings. The van der Waals surface area contributed by atoms with E-state index in [4.69, 9.17) is 4.89 Å². The van der Waals surface area contributed by atoms with E-state index >= 15 is 0 Å². The zero-order valence-corrected chi connectivity index (χ0v) is 8.31. The Hall–Kier alpha value is -0.650. The van der Waals surface area contributed by atoms with Crippen molar-refractivity contribution in [3.05, 3.63) is 0 Å². The van der Waals surface area contributed by atoms with Gasteiger partial charge in [0.2, 0.25) is 6.41 Å². The van der Waals surface area contributed by atoms with Crippen molar-refractivity contribution >= 4 is 6.41 Å². The molecule has 1 aliphatic heterocycles. The molecular weight excluding hydrogens is 186 g/mol. The molecule has 1 rings (SSSR count). The van der Waals surface area contributed by atoms with Crippen LogP contribution in [0.1, 0.15) is 38.5 Å². The van der Waals surface area contributed by atoms with Gasteiger partial charge in [-0.25, -0.2) is 4.89 Å². The maximum absolute atomic E-state index is 10.4. The molecule has 0 radical (unpaired) electrons. The van der Waals surface area contributed by atoms with Gasteiger partial charge in [-0.1, -0.05) is 30.7 Å². The van der Waals surface area contributed by atoms with E-state index in [9.17, 15) is 4.79 Å². The van der Waals surface area contributed by atoms with E-state index in [1.54, 1.807) is 0 Å². The fraction of sp³-hybridized carbons (Fsp3) is 0.889. The summed E-state index contributed by atoms with van der Waals surface area (Å²) in [5.74, 6) is 0. The average Bonchev–Trinajstić information content (AvgIpc) is 2.19. The predicted octanol–water partition coefficient (Wildman–Crippen LogP) is 1.59. The largest absolute Gasteiger partial charge is 0.276 e. The third-order valence-electron chi connectivity index (χ3n) is 2.15. The van der Waals surface area contributed by atoms with Crippen molar-refractivity contribution in [2.45, 2.75) is 38.5 Å². The van der Waals surface area contributed by atoms with Gasteiger partial charge >= 0.3 is 0 Å². The van der Waals surface area contributed by atoms with Gasteiger partial charge in [0, 0.05) is 0 Å². The highest BCUT2D eigenvalue weighted by molar-refractivity contribution is 5.44. The van der Waals surface area contributed by atoms with Crippen molar-refractivity contribution in [2.75, 3.05) is 13.2 Å². The molecule has 1 heterocycles. The SMILES string of the molecule is O=CN1CCCCCCCCOOO1. The molecule has 1 amide bonds. The van der Waals surface area contributed by atoms with Crippen LogP contribution in [0.15, 0.2) is 0 Å². The first-order chi connectivity index (χ1) is 6.93. The van der Waals surface area contributed by atoms with Crippen LogP contribution in [0.4, 0.5) is 0 Å². The zero-order valence-electron chi connectivity index (χ0n) is 8.31. The third-order valence-corrected chi connectivity index (χ3v) is 2.15. The molecule has 0 N–H and O–H groups in total. The molecule has 5 nitrogen and oxygen atoms in total. The van der Waals surface area contributed by atoms with Crippen molar-refractivity contribution in [2.24, 2.45) is 0 Å². The average molecular weight is 203 g/mol. The minimum atomic E-state index is 0.507. The molecule has 0 aliphatic carbocycles. The summed E-state index contributed by atoms with van der Waals surface area (Å²) in [4.78, 5) is 19.8. The van der Waals surface area contributed by atoms with Crippen molar-refractivity contribution in [1.29, 1.82) is 0 Å². The molecule has 0 aromatic rings. The fourth-order valence-corrected chi connectivity index (χ4v) is 1.34. The Kier molecular flexibility index (Phi) is 6.30. The molecule has 0 spiro atoms. The van der Waals surface area contributed by atoms with E-state index < -0.39 is 0 Å². The van der Waals surface area contributed by atoms with Crippen LogP contribution < -0.4 is 0 Å². The van der Waals surface area contributed by atoms with E-state index in [2.05, 4.69) is 10.0 Å². The van der Waals surface area contributed by atoms with Gasteiger partial charge in [0.25, 0.3) is 0 Å². The van der Waals surface area contributed by atoms with Crippen LogP contribution in [0.3, 0.4) is 0 Å². The van der Waals surface area contributed by atoms with Crippen LogP contribution in [0.5, 0.6) is 0 Å². The summed E-state index contributed by atoms with van der Waals surface area (Å²) in [6, 6.07) is 0. The first-order valence-electron chi connectivity index (χ1n) is 5.11. The minimum absolute atomic E-state index is 0.507. The molecule has 14 heavy (non-hydrogen) atoms. The van der Waals surface area contributed by atoms with Gasteiger partial charge in [-0.15, -0.1) is 0 Å². The van der Waals surface area contributed by atoms with E-state index in [0.29, 0.717) is 19.6 Å². The highest BCUT2D eigenvalue weighted by atomic mass is 17.5. The number of amides is 1. The summed E-state index contributed by atoms with van der Waals surface area (Å²) in [5, 5.41) is 5.50. The molecule has 0 aromatic carbocycles. The van der Waals surface area contributed by atoms with E-state index in [-0.39, 0.29) is 0 Å². The van der Waals surface area contributed by atoms with Crippen LogP contribution in [0.25, 0.3) is 0 Å². The maximum Gasteiger partial charge on any atom is 0.235 e. The Balaban J connectivity index is 2.20. The Morgan fingerprint density at radius 3 is 2.50 bits per heavy atom. The topological polar surface area (TPSA) is 48.0 Å². The van der Waals surface area contributed by atoms with Gasteiger partial charge < -0.3 is 0 Å². The molecule has 0 unspecified atom stereocenters. The lowest BCUT2D eigenvalue weighted by molar-refractivity contribution is -0.569. The standard InChI is InChI=1S/C9H17NO4/c11-9-10-7-5-3-1-2-4-6-8-12-14-13-10/h9H,1-8H2. The Labute approximate surface area is 83.7 Å². The number of nitrogens with zero attached hydrogens (tertiary/aromatic N) is 1. The monoisotopic (exact) mass is 203 g/mol. The second-order valence-electron chi connectivity index (χ2n) is 3.33. The van der Waals surface area contributed by atoms with Gasteiger partial charge in [-0.2, -0.15) is 5.06 Å². The Morgan fingerprint density at radius 2 is 1.71 bits per heavy atom. The quantitative estimate of drug-likeness (QED) is 0.479. The second kappa shape index (κ2) is 7.73. The van der Waals surface area contributed by atoms with Crippen LogP contribution >= 0.6 is 0 Å². The van der Waals surface area contributed by atoms with Crippen molar-refractivity contribution < 1.29 is 19.7 Å². The molecule has 1 fully saturated rings.